The third-order valence-electron chi connectivity index (χ3n) is 7.34. The fourth-order valence-corrected chi connectivity index (χ4v) is 5.55. The number of unbranched alkanes of at least 4 members (excludes halogenated alkanes) is 15. The van der Waals surface area contributed by atoms with Gasteiger partial charge in [0.25, 0.3) is 0 Å². The standard InChI is InChI=1S/C30H55NO4S/c1-2-3-4-5-6-7-8-9-10-11-12-13-14-18-22-33-24-30(25-34-26-30)27-35-29(32)19-16-15-17-20-31-21-23-36-28-31/h21,23H,2-20,22,24-28H2,1H3. The van der Waals surface area contributed by atoms with Crippen LogP contribution in [0.1, 0.15) is 122 Å². The van der Waals surface area contributed by atoms with Crippen LogP contribution in [0.15, 0.2) is 11.6 Å². The van der Waals surface area contributed by atoms with Crippen LogP contribution in [0.4, 0.5) is 0 Å². The van der Waals surface area contributed by atoms with Crippen molar-refractivity contribution in [1.82, 2.24) is 4.90 Å². The van der Waals surface area contributed by atoms with Gasteiger partial charge in [0.05, 0.1) is 31.1 Å². The van der Waals surface area contributed by atoms with Crippen molar-refractivity contribution in [3.8, 4) is 0 Å². The van der Waals surface area contributed by atoms with E-state index in [-0.39, 0.29) is 11.4 Å². The zero-order chi connectivity index (χ0) is 25.6. The molecule has 0 aromatic heterocycles. The molecule has 0 amide bonds. The van der Waals surface area contributed by atoms with Crippen molar-refractivity contribution >= 4 is 17.7 Å². The van der Waals surface area contributed by atoms with E-state index >= 15 is 0 Å². The lowest BCUT2D eigenvalue weighted by molar-refractivity contribution is -0.185. The first-order valence-corrected chi connectivity index (χ1v) is 16.1. The molecular weight excluding hydrogens is 470 g/mol. The van der Waals surface area contributed by atoms with Gasteiger partial charge < -0.3 is 19.1 Å². The van der Waals surface area contributed by atoms with E-state index < -0.39 is 0 Å². The average Bonchev–Trinajstić information content (AvgIpc) is 3.38. The van der Waals surface area contributed by atoms with Gasteiger partial charge in [0.2, 0.25) is 0 Å². The van der Waals surface area contributed by atoms with Gasteiger partial charge in [-0.15, -0.1) is 11.8 Å². The number of carbonyl (C=O) groups excluding carboxylic acids is 1. The summed E-state index contributed by atoms with van der Waals surface area (Å²) in [6, 6.07) is 0. The van der Waals surface area contributed by atoms with Crippen LogP contribution >= 0.6 is 11.8 Å². The highest BCUT2D eigenvalue weighted by atomic mass is 32.2. The van der Waals surface area contributed by atoms with Crippen LogP contribution < -0.4 is 0 Å². The highest BCUT2D eigenvalue weighted by Gasteiger charge is 2.40. The number of hydrogen-bond donors (Lipinski definition) is 0. The van der Waals surface area contributed by atoms with Crippen LogP contribution in [-0.2, 0) is 19.0 Å². The molecule has 2 heterocycles. The van der Waals surface area contributed by atoms with Crippen LogP contribution in [0.2, 0.25) is 0 Å². The first-order valence-electron chi connectivity index (χ1n) is 15.1. The smallest absolute Gasteiger partial charge is 0.305 e. The Bertz CT molecular complexity index is 567. The second-order valence-corrected chi connectivity index (χ2v) is 11.9. The van der Waals surface area contributed by atoms with Crippen molar-refractivity contribution in [2.45, 2.75) is 122 Å². The Labute approximate surface area is 226 Å². The van der Waals surface area contributed by atoms with E-state index in [2.05, 4.69) is 23.4 Å². The Morgan fingerprint density at radius 2 is 1.44 bits per heavy atom. The Morgan fingerprint density at radius 1 is 0.833 bits per heavy atom. The summed E-state index contributed by atoms with van der Waals surface area (Å²) in [5.74, 6) is 0.984. The molecule has 6 heteroatoms. The summed E-state index contributed by atoms with van der Waals surface area (Å²) >= 11 is 1.83. The largest absolute Gasteiger partial charge is 0.465 e. The van der Waals surface area contributed by atoms with Crippen molar-refractivity contribution in [1.29, 1.82) is 0 Å². The molecule has 2 aliphatic heterocycles. The molecule has 2 aliphatic rings. The summed E-state index contributed by atoms with van der Waals surface area (Å²) < 4.78 is 17.0. The second kappa shape index (κ2) is 21.2. The number of ether oxygens (including phenoxy) is 3. The topological polar surface area (TPSA) is 48.0 Å². The maximum atomic E-state index is 12.1. The third-order valence-corrected chi connectivity index (χ3v) is 8.14. The highest BCUT2D eigenvalue weighted by Crippen LogP contribution is 2.29. The SMILES string of the molecule is CCCCCCCCCCCCCCCCOCC1(COC(=O)CCCCCN2C=CSC2)COC1. The van der Waals surface area contributed by atoms with Gasteiger partial charge in [-0.25, -0.2) is 0 Å². The number of hydrogen-bond acceptors (Lipinski definition) is 6. The van der Waals surface area contributed by atoms with Gasteiger partial charge in [-0.3, -0.25) is 4.79 Å². The van der Waals surface area contributed by atoms with Crippen molar-refractivity contribution in [3.63, 3.8) is 0 Å². The van der Waals surface area contributed by atoms with Gasteiger partial charge in [0.15, 0.2) is 0 Å². The van der Waals surface area contributed by atoms with E-state index in [4.69, 9.17) is 14.2 Å². The summed E-state index contributed by atoms with van der Waals surface area (Å²) in [5.41, 5.74) is -0.120. The number of nitrogens with zero attached hydrogens (tertiary/aromatic N) is 1. The Morgan fingerprint density at radius 3 is 2.00 bits per heavy atom. The molecule has 0 aliphatic carbocycles. The lowest BCUT2D eigenvalue weighted by Gasteiger charge is -2.40. The fourth-order valence-electron chi connectivity index (χ4n) is 4.80. The van der Waals surface area contributed by atoms with E-state index in [1.807, 2.05) is 11.8 Å². The van der Waals surface area contributed by atoms with E-state index in [1.165, 1.54) is 83.5 Å². The van der Waals surface area contributed by atoms with Crippen molar-refractivity contribution in [2.75, 3.05) is 45.5 Å². The molecule has 5 nitrogen and oxygen atoms in total. The molecule has 1 saturated heterocycles. The van der Waals surface area contributed by atoms with Crippen LogP contribution in [0.3, 0.4) is 0 Å². The summed E-state index contributed by atoms with van der Waals surface area (Å²) in [7, 11) is 0. The molecule has 36 heavy (non-hydrogen) atoms. The summed E-state index contributed by atoms with van der Waals surface area (Å²) in [5, 5.41) is 2.14. The van der Waals surface area contributed by atoms with Crippen LogP contribution in [0, 0.1) is 5.41 Å². The fraction of sp³-hybridized carbons (Fsp3) is 0.900. The molecule has 0 spiro atoms. The summed E-state index contributed by atoms with van der Waals surface area (Å²) in [6.45, 7) is 6.52. The Hall–Kier alpha value is -0.720. The minimum absolute atomic E-state index is 0.0788. The molecule has 2 rings (SSSR count). The first-order chi connectivity index (χ1) is 17.7. The third kappa shape index (κ3) is 15.5. The highest BCUT2D eigenvalue weighted by molar-refractivity contribution is 8.02. The molecule has 0 atom stereocenters. The number of thioether (sulfide) groups is 1. The molecule has 0 N–H and O–H groups in total. The molecule has 0 aromatic rings. The second-order valence-electron chi connectivity index (χ2n) is 11.0. The number of carbonyl (C=O) groups is 1. The monoisotopic (exact) mass is 525 g/mol. The van der Waals surface area contributed by atoms with Gasteiger partial charge in [-0.05, 0) is 24.7 Å². The molecule has 0 radical (unpaired) electrons. The van der Waals surface area contributed by atoms with Gasteiger partial charge in [0.1, 0.15) is 6.61 Å². The minimum atomic E-state index is -0.120. The number of rotatable bonds is 25. The summed E-state index contributed by atoms with van der Waals surface area (Å²) in [6.07, 6.45) is 25.0. The van der Waals surface area contributed by atoms with Crippen molar-refractivity contribution in [2.24, 2.45) is 5.41 Å². The molecular formula is C30H55NO4S. The molecule has 0 saturated carbocycles. The zero-order valence-electron chi connectivity index (χ0n) is 23.3. The van der Waals surface area contributed by atoms with Crippen molar-refractivity contribution in [3.05, 3.63) is 11.6 Å². The Balaban J connectivity index is 1.33. The van der Waals surface area contributed by atoms with Crippen molar-refractivity contribution < 1.29 is 19.0 Å². The predicted molar refractivity (Wildman–Crippen MR) is 152 cm³/mol. The Kier molecular flexibility index (Phi) is 18.6. The van der Waals surface area contributed by atoms with Gasteiger partial charge in [-0.1, -0.05) is 96.8 Å². The number of esters is 1. The van der Waals surface area contributed by atoms with Crippen LogP contribution in [0.25, 0.3) is 0 Å². The normalized spacial score (nSPS) is 16.4. The lowest BCUT2D eigenvalue weighted by Crippen LogP contribution is -2.50. The van der Waals surface area contributed by atoms with Gasteiger partial charge in [-0.2, -0.15) is 0 Å². The van der Waals surface area contributed by atoms with E-state index in [0.717, 1.165) is 44.7 Å². The lowest BCUT2D eigenvalue weighted by atomic mass is 9.88. The molecule has 0 aromatic carbocycles. The molecule has 0 bridgehead atoms. The zero-order valence-corrected chi connectivity index (χ0v) is 24.1. The minimum Gasteiger partial charge on any atom is -0.465 e. The van der Waals surface area contributed by atoms with E-state index in [0.29, 0.717) is 32.8 Å². The quantitative estimate of drug-likeness (QED) is 0.0887. The van der Waals surface area contributed by atoms with Crippen LogP contribution in [0.5, 0.6) is 0 Å². The summed E-state index contributed by atoms with van der Waals surface area (Å²) in [4.78, 5) is 14.5. The molecule has 1 fully saturated rings. The molecule has 210 valence electrons. The maximum Gasteiger partial charge on any atom is 0.305 e. The average molecular weight is 526 g/mol. The van der Waals surface area contributed by atoms with Gasteiger partial charge in [0, 0.05) is 25.8 Å². The maximum absolute atomic E-state index is 12.1. The van der Waals surface area contributed by atoms with E-state index in [9.17, 15) is 4.79 Å². The predicted octanol–water partition coefficient (Wildman–Crippen LogP) is 8.08. The van der Waals surface area contributed by atoms with E-state index in [1.54, 1.807) is 0 Å². The molecule has 0 unspecified atom stereocenters. The van der Waals surface area contributed by atoms with Crippen LogP contribution in [-0.4, -0.2) is 56.3 Å². The van der Waals surface area contributed by atoms with Gasteiger partial charge >= 0.3 is 5.97 Å². The first kappa shape index (κ1) is 31.5.